The zero-order valence-electron chi connectivity index (χ0n) is 7.32. The Labute approximate surface area is 80.9 Å². The van der Waals surface area contributed by atoms with Crippen molar-refractivity contribution in [2.75, 3.05) is 6.61 Å². The summed E-state index contributed by atoms with van der Waals surface area (Å²) in [5.74, 6) is 9.61. The van der Waals surface area contributed by atoms with Crippen molar-refractivity contribution in [3.63, 3.8) is 0 Å². The molecule has 72 valence electrons. The third-order valence-electron chi connectivity index (χ3n) is 1.44. The van der Waals surface area contributed by atoms with Crippen molar-refractivity contribution in [2.24, 2.45) is 5.84 Å². The molecule has 0 aliphatic rings. The monoisotopic (exact) mass is 191 g/mol. The molecule has 1 aromatic rings. The van der Waals surface area contributed by atoms with Crippen LogP contribution in [0.1, 0.15) is 15.9 Å². The Morgan fingerprint density at radius 3 is 3.07 bits per heavy atom. The summed E-state index contributed by atoms with van der Waals surface area (Å²) in [6, 6.07) is 1.54. The Morgan fingerprint density at radius 2 is 2.43 bits per heavy atom. The summed E-state index contributed by atoms with van der Waals surface area (Å²) in [5.41, 5.74) is 2.87. The van der Waals surface area contributed by atoms with Gasteiger partial charge in [0.05, 0.1) is 5.56 Å². The van der Waals surface area contributed by atoms with Crippen LogP contribution in [0, 0.1) is 11.8 Å². The smallest absolute Gasteiger partial charge is 0.266 e. The molecule has 0 saturated carbocycles. The summed E-state index contributed by atoms with van der Waals surface area (Å²) >= 11 is 0. The summed E-state index contributed by atoms with van der Waals surface area (Å²) in [6.07, 6.45) is 2.88. The molecular formula is C9H9N3O2. The molecule has 0 aromatic carbocycles. The van der Waals surface area contributed by atoms with E-state index in [0.29, 0.717) is 11.1 Å². The van der Waals surface area contributed by atoms with Gasteiger partial charge < -0.3 is 5.11 Å². The van der Waals surface area contributed by atoms with Gasteiger partial charge in [0.2, 0.25) is 0 Å². The molecule has 1 amide bonds. The van der Waals surface area contributed by atoms with E-state index < -0.39 is 5.91 Å². The largest absolute Gasteiger partial charge is 0.384 e. The average molecular weight is 191 g/mol. The number of nitrogens with one attached hydrogen (secondary N) is 1. The van der Waals surface area contributed by atoms with Crippen molar-refractivity contribution in [3.8, 4) is 11.8 Å². The van der Waals surface area contributed by atoms with Crippen molar-refractivity contribution < 1.29 is 9.90 Å². The topological polar surface area (TPSA) is 88.2 Å². The number of nitrogen functional groups attached to an aromatic ring is 1. The average Bonchev–Trinajstić information content (AvgIpc) is 2.25. The molecule has 1 heterocycles. The number of rotatable bonds is 1. The molecule has 0 unspecified atom stereocenters. The standard InChI is InChI=1S/C9H9N3O2/c10-12-9(14)8-4-7(2-1-3-13)5-11-6-8/h4-6,13H,3,10H2,(H,12,14). The zero-order valence-corrected chi connectivity index (χ0v) is 7.32. The second kappa shape index (κ2) is 4.97. The Kier molecular flexibility index (Phi) is 3.61. The minimum atomic E-state index is -0.426. The summed E-state index contributed by atoms with van der Waals surface area (Å²) < 4.78 is 0. The third kappa shape index (κ3) is 2.55. The Morgan fingerprint density at radius 1 is 1.64 bits per heavy atom. The van der Waals surface area contributed by atoms with Crippen LogP contribution in [0.3, 0.4) is 0 Å². The molecule has 0 bridgehead atoms. The summed E-state index contributed by atoms with van der Waals surface area (Å²) in [5, 5.41) is 8.46. The summed E-state index contributed by atoms with van der Waals surface area (Å²) in [4.78, 5) is 14.9. The molecule has 0 fully saturated rings. The van der Waals surface area contributed by atoms with Crippen molar-refractivity contribution >= 4 is 5.91 Å². The van der Waals surface area contributed by atoms with Gasteiger partial charge in [0.1, 0.15) is 6.61 Å². The van der Waals surface area contributed by atoms with Crippen LogP contribution >= 0.6 is 0 Å². The lowest BCUT2D eigenvalue weighted by atomic mass is 10.2. The number of aromatic nitrogens is 1. The van der Waals surface area contributed by atoms with E-state index in [1.165, 1.54) is 18.5 Å². The number of amides is 1. The van der Waals surface area contributed by atoms with Crippen molar-refractivity contribution in [1.82, 2.24) is 10.4 Å². The Balaban J connectivity index is 2.95. The van der Waals surface area contributed by atoms with Gasteiger partial charge in [0.15, 0.2) is 0 Å². The quantitative estimate of drug-likeness (QED) is 0.230. The molecule has 0 atom stereocenters. The fraction of sp³-hybridized carbons (Fsp3) is 0.111. The first-order chi connectivity index (χ1) is 6.77. The fourth-order valence-corrected chi connectivity index (χ4v) is 0.857. The summed E-state index contributed by atoms with van der Waals surface area (Å²) in [7, 11) is 0. The number of nitrogens with zero attached hydrogens (tertiary/aromatic N) is 1. The first-order valence-electron chi connectivity index (χ1n) is 3.83. The number of aliphatic hydroxyl groups excluding tert-OH is 1. The number of carbonyl (C=O) groups is 1. The first-order valence-corrected chi connectivity index (χ1v) is 3.83. The number of hydrogen-bond acceptors (Lipinski definition) is 4. The molecule has 0 spiro atoms. The SMILES string of the molecule is NNC(=O)c1cncc(C#CCO)c1. The van der Waals surface area contributed by atoms with Gasteiger partial charge in [-0.05, 0) is 6.07 Å². The molecule has 0 aliphatic heterocycles. The maximum Gasteiger partial charge on any atom is 0.266 e. The van der Waals surface area contributed by atoms with Crippen LogP contribution in [0.4, 0.5) is 0 Å². The lowest BCUT2D eigenvalue weighted by Crippen LogP contribution is -2.30. The van der Waals surface area contributed by atoms with E-state index in [2.05, 4.69) is 16.8 Å². The van der Waals surface area contributed by atoms with Crippen molar-refractivity contribution in [1.29, 1.82) is 0 Å². The lowest BCUT2D eigenvalue weighted by molar-refractivity contribution is 0.0953. The van der Waals surface area contributed by atoms with E-state index >= 15 is 0 Å². The fourth-order valence-electron chi connectivity index (χ4n) is 0.857. The Hall–Kier alpha value is -1.90. The normalized spacial score (nSPS) is 8.71. The predicted octanol–water partition coefficient (Wildman–Crippen LogP) is -0.971. The molecule has 0 saturated heterocycles. The van der Waals surface area contributed by atoms with E-state index in [-0.39, 0.29) is 6.61 Å². The first kappa shape index (κ1) is 10.2. The van der Waals surface area contributed by atoms with Crippen molar-refractivity contribution in [2.45, 2.75) is 0 Å². The zero-order chi connectivity index (χ0) is 10.4. The minimum absolute atomic E-state index is 0.229. The number of hydrazine groups is 1. The molecule has 5 heteroatoms. The second-order valence-electron chi connectivity index (χ2n) is 2.40. The van der Waals surface area contributed by atoms with Crippen LogP contribution in [0.25, 0.3) is 0 Å². The number of hydrogen-bond donors (Lipinski definition) is 3. The molecule has 4 N–H and O–H groups in total. The molecule has 0 radical (unpaired) electrons. The Bertz CT molecular complexity index is 393. The molecule has 5 nitrogen and oxygen atoms in total. The highest BCUT2D eigenvalue weighted by molar-refractivity contribution is 5.93. The van der Waals surface area contributed by atoms with Crippen LogP contribution in [-0.4, -0.2) is 22.6 Å². The van der Waals surface area contributed by atoms with Crippen LogP contribution in [0.5, 0.6) is 0 Å². The van der Waals surface area contributed by atoms with Gasteiger partial charge in [-0.2, -0.15) is 0 Å². The summed E-state index contributed by atoms with van der Waals surface area (Å²) in [6.45, 7) is -0.229. The molecule has 1 aromatic heterocycles. The van der Waals surface area contributed by atoms with Crippen LogP contribution in [0.2, 0.25) is 0 Å². The van der Waals surface area contributed by atoms with Crippen molar-refractivity contribution in [3.05, 3.63) is 29.6 Å². The second-order valence-corrected chi connectivity index (χ2v) is 2.40. The number of pyridine rings is 1. The van der Waals surface area contributed by atoms with Gasteiger partial charge in [-0.25, -0.2) is 5.84 Å². The number of nitrogens with two attached hydrogens (primary N) is 1. The van der Waals surface area contributed by atoms with Gasteiger partial charge in [-0.3, -0.25) is 15.2 Å². The van der Waals surface area contributed by atoms with Crippen LogP contribution in [-0.2, 0) is 0 Å². The van der Waals surface area contributed by atoms with E-state index in [4.69, 9.17) is 10.9 Å². The third-order valence-corrected chi connectivity index (χ3v) is 1.44. The van der Waals surface area contributed by atoms with Gasteiger partial charge in [0.25, 0.3) is 5.91 Å². The van der Waals surface area contributed by atoms with Gasteiger partial charge >= 0.3 is 0 Å². The van der Waals surface area contributed by atoms with E-state index in [0.717, 1.165) is 0 Å². The predicted molar refractivity (Wildman–Crippen MR) is 49.9 cm³/mol. The van der Waals surface area contributed by atoms with Crippen LogP contribution in [0.15, 0.2) is 18.5 Å². The van der Waals surface area contributed by atoms with Gasteiger partial charge in [-0.1, -0.05) is 11.8 Å². The maximum atomic E-state index is 11.1. The van der Waals surface area contributed by atoms with E-state index in [9.17, 15) is 4.79 Å². The number of carbonyl (C=O) groups excluding carboxylic acids is 1. The van der Waals surface area contributed by atoms with Gasteiger partial charge in [0, 0.05) is 18.0 Å². The maximum absolute atomic E-state index is 11.1. The number of aliphatic hydroxyl groups is 1. The highest BCUT2D eigenvalue weighted by Gasteiger charge is 2.03. The minimum Gasteiger partial charge on any atom is -0.384 e. The molecule has 14 heavy (non-hydrogen) atoms. The molecule has 0 aliphatic carbocycles. The molecular weight excluding hydrogens is 182 g/mol. The van der Waals surface area contributed by atoms with E-state index in [1.807, 2.05) is 5.43 Å². The highest BCUT2D eigenvalue weighted by Crippen LogP contribution is 2.00. The van der Waals surface area contributed by atoms with Gasteiger partial charge in [-0.15, -0.1) is 0 Å². The van der Waals surface area contributed by atoms with E-state index in [1.54, 1.807) is 0 Å². The van der Waals surface area contributed by atoms with Crippen LogP contribution < -0.4 is 11.3 Å². The highest BCUT2D eigenvalue weighted by atomic mass is 16.2. The molecule has 1 rings (SSSR count). The lowest BCUT2D eigenvalue weighted by Gasteiger charge is -1.98.